The number of hydrogen-bond acceptors (Lipinski definition) is 28. The summed E-state index contributed by atoms with van der Waals surface area (Å²) in [6, 6.07) is 21.0. The highest BCUT2D eigenvalue weighted by molar-refractivity contribution is 14.1. The van der Waals surface area contributed by atoms with Crippen LogP contribution in [0.4, 0.5) is 0 Å². The predicted octanol–water partition coefficient (Wildman–Crippen LogP) is 14.9. The molecule has 4 aromatic carbocycles. The minimum atomic E-state index is -0.970. The SMILES string of the molecule is CC(C)(CC(C)(C)C(=O)OCC1CO1)C(=O)OCC(O)COc1c(I)cc(I)cc1I.CC(C)(CC(C)(C)C(=O)OCC1CO1)C(=O)OCC(O)COc1cc(I)cc(I)c1I.CC(C)(CC(C)(C)C(=O)OCC1CO1)C(=O)OCC(O)COc1ccc(I)cc1.CC(C)(CC(C)(C)C(=O)OCC1CO1)C(=O)OCC(O)COc1ccc(I)cc1I. The number of rotatable bonds is 44. The van der Waals surface area contributed by atoms with Gasteiger partial charge < -0.3 is 96.2 Å². The van der Waals surface area contributed by atoms with E-state index in [0.29, 0.717) is 49.4 Å². The van der Waals surface area contributed by atoms with Crippen LogP contribution in [-0.2, 0) is 95.2 Å². The fraction of sp³-hybridized carbons (Fsp3) is 0.619. The molecule has 0 bridgehead atoms. The Bertz CT molecular complexity index is 4080. The standard InChI is InChI=1S/2C21H27I3O7.C21H28I2O7.C21H29IO7/c1-20(2,11-21(3,4)19(27)31-10-14-9-28-14)18(26)30-8-13(25)7-29-16-6-12(22)5-15(23)17(16)24;1-20(2,11-21(3,4)19(27)31-10-14-9-28-14)18(26)30-8-13(25)7-29-17-15(23)5-12(22)6-16(17)24;1-20(2,12-21(3,4)19(26)30-11-15-10-27-15)18(25)29-9-14(24)8-28-17-6-5-13(22)7-16(17)23;1-20(2,13-21(3,4)19(25)29-12-17-11-27-17)18(24)28-10-15(23)9-26-16-7-5-14(22)6-8-16/h2*5-6,13-14,25H,7-11H2,1-4H3;5-7,14-15,24H,8-12H2,1-4H3;5-8,15,17,23H,9-13H2,1-4H3. The molecular formula is C84H111I9O28. The molecular weight excluding hydrogens is 2600 g/mol. The molecule has 8 atom stereocenters. The van der Waals surface area contributed by atoms with Crippen molar-refractivity contribution in [1.82, 2.24) is 0 Å². The normalized spacial score (nSPS) is 17.2. The van der Waals surface area contributed by atoms with E-state index in [2.05, 4.69) is 203 Å². The third-order valence-electron chi connectivity index (χ3n) is 18.1. The monoisotopic (exact) mass is 2710 g/mol. The summed E-state index contributed by atoms with van der Waals surface area (Å²) < 4.78 is 94.2. The fourth-order valence-electron chi connectivity index (χ4n) is 11.9. The molecule has 0 amide bonds. The predicted molar refractivity (Wildman–Crippen MR) is 522 cm³/mol. The fourth-order valence-corrected chi connectivity index (χ4v) is 20.2. The molecule has 678 valence electrons. The molecule has 0 saturated carbocycles. The van der Waals surface area contributed by atoms with Gasteiger partial charge in [-0.05, 0) is 407 Å². The van der Waals surface area contributed by atoms with Gasteiger partial charge in [-0.25, -0.2) is 0 Å². The number of epoxide rings is 4. The van der Waals surface area contributed by atoms with Gasteiger partial charge in [0, 0.05) is 17.9 Å². The minimum Gasteiger partial charge on any atom is -0.491 e. The zero-order valence-electron chi connectivity index (χ0n) is 70.6. The number of hydrogen-bond donors (Lipinski definition) is 4. The molecule has 121 heavy (non-hydrogen) atoms. The van der Waals surface area contributed by atoms with Gasteiger partial charge >= 0.3 is 47.8 Å². The van der Waals surface area contributed by atoms with Gasteiger partial charge in [0.2, 0.25) is 0 Å². The summed E-state index contributed by atoms with van der Waals surface area (Å²) in [6.07, 6.45) is -2.89. The molecule has 0 spiro atoms. The number of ether oxygens (including phenoxy) is 16. The van der Waals surface area contributed by atoms with Gasteiger partial charge in [0.1, 0.15) is 151 Å². The summed E-state index contributed by atoms with van der Waals surface area (Å²) in [7, 11) is 0. The molecule has 4 saturated heterocycles. The molecule has 0 aliphatic carbocycles. The number of aliphatic hydroxyl groups is 4. The third kappa shape index (κ3) is 41.0. The molecule has 28 nitrogen and oxygen atoms in total. The Morgan fingerprint density at radius 3 is 0.851 bits per heavy atom. The van der Waals surface area contributed by atoms with Gasteiger partial charge in [0.05, 0.1) is 84.0 Å². The van der Waals surface area contributed by atoms with Crippen molar-refractivity contribution in [2.45, 2.75) is 185 Å². The smallest absolute Gasteiger partial charge is 0.311 e. The van der Waals surface area contributed by atoms with Crippen LogP contribution >= 0.6 is 203 Å². The van der Waals surface area contributed by atoms with E-state index in [1.807, 2.05) is 54.6 Å². The second kappa shape index (κ2) is 49.9. The molecule has 0 radical (unpaired) electrons. The Morgan fingerprint density at radius 2 is 0.554 bits per heavy atom. The summed E-state index contributed by atoms with van der Waals surface area (Å²) in [5, 5.41) is 40.6. The molecule has 4 aliphatic rings. The lowest BCUT2D eigenvalue weighted by atomic mass is 9.75. The highest BCUT2D eigenvalue weighted by atomic mass is 127. The Labute approximate surface area is 831 Å². The summed E-state index contributed by atoms with van der Waals surface area (Å²) in [5.74, 6) is -0.783. The average molecular weight is 2710 g/mol. The van der Waals surface area contributed by atoms with Crippen molar-refractivity contribution in [2.75, 3.05) is 106 Å². The minimum absolute atomic E-state index is 0.000933. The Hall–Kier alpha value is -1.91. The first-order chi connectivity index (χ1) is 56.0. The van der Waals surface area contributed by atoms with Gasteiger partial charge in [0.25, 0.3) is 0 Å². The van der Waals surface area contributed by atoms with E-state index >= 15 is 0 Å². The lowest BCUT2D eigenvalue weighted by Gasteiger charge is -2.31. The van der Waals surface area contributed by atoms with Crippen molar-refractivity contribution in [3.63, 3.8) is 0 Å². The van der Waals surface area contributed by atoms with Gasteiger partial charge in [-0.15, -0.1) is 0 Å². The lowest BCUT2D eigenvalue weighted by Crippen LogP contribution is -2.38. The second-order valence-electron chi connectivity index (χ2n) is 34.7. The molecule has 4 heterocycles. The third-order valence-corrected chi connectivity index (χ3v) is 26.2. The quantitative estimate of drug-likeness (QED) is 0.0105. The molecule has 4 aromatic rings. The van der Waals surface area contributed by atoms with Crippen LogP contribution in [0, 0.1) is 75.5 Å². The van der Waals surface area contributed by atoms with E-state index < -0.39 is 91.6 Å². The Balaban J connectivity index is 0.000000287. The average Bonchev–Trinajstić information content (AvgIpc) is 1.68. The number of esters is 8. The number of halogens is 9. The van der Waals surface area contributed by atoms with Crippen molar-refractivity contribution < 1.29 is 135 Å². The first kappa shape index (κ1) is 110. The largest absolute Gasteiger partial charge is 0.491 e. The maximum Gasteiger partial charge on any atom is 0.311 e. The van der Waals surface area contributed by atoms with Crippen LogP contribution in [0.5, 0.6) is 23.0 Å². The van der Waals surface area contributed by atoms with Crippen molar-refractivity contribution in [1.29, 1.82) is 0 Å². The van der Waals surface area contributed by atoms with Gasteiger partial charge in [-0.3, -0.25) is 38.4 Å². The van der Waals surface area contributed by atoms with E-state index in [-0.39, 0.29) is 153 Å². The molecule has 37 heteroatoms. The summed E-state index contributed by atoms with van der Waals surface area (Å²) in [5.41, 5.74) is -7.15. The number of benzene rings is 4. The van der Waals surface area contributed by atoms with Gasteiger partial charge in [-0.1, -0.05) is 0 Å². The Kier molecular flexibility index (Phi) is 45.2. The highest BCUT2D eigenvalue weighted by Gasteiger charge is 2.46. The van der Waals surface area contributed by atoms with E-state index in [9.17, 15) is 58.8 Å². The number of carbonyl (C=O) groups excluding carboxylic acids is 8. The van der Waals surface area contributed by atoms with Gasteiger partial charge in [0.15, 0.2) is 0 Å². The van der Waals surface area contributed by atoms with Crippen LogP contribution in [-0.4, -0.2) is 223 Å². The van der Waals surface area contributed by atoms with Crippen LogP contribution in [0.1, 0.15) is 136 Å². The van der Waals surface area contributed by atoms with Gasteiger partial charge in [-0.2, -0.15) is 0 Å². The maximum absolute atomic E-state index is 12.6. The highest BCUT2D eigenvalue weighted by Crippen LogP contribution is 2.41. The molecule has 8 rings (SSSR count). The van der Waals surface area contributed by atoms with E-state index in [1.54, 1.807) is 123 Å². The molecule has 4 aliphatic heterocycles. The summed E-state index contributed by atoms with van der Waals surface area (Å²) >= 11 is 19.8. The first-order valence-corrected chi connectivity index (χ1v) is 48.3. The van der Waals surface area contributed by atoms with Crippen LogP contribution in [0.2, 0.25) is 0 Å². The van der Waals surface area contributed by atoms with Crippen molar-refractivity contribution >= 4 is 251 Å². The summed E-state index contributed by atoms with van der Waals surface area (Å²) in [4.78, 5) is 99.7. The lowest BCUT2D eigenvalue weighted by molar-refractivity contribution is -0.165. The Morgan fingerprint density at radius 1 is 0.306 bits per heavy atom. The zero-order chi connectivity index (χ0) is 91.0. The molecule has 4 fully saturated rings. The van der Waals surface area contributed by atoms with Crippen LogP contribution in [0.15, 0.2) is 66.7 Å². The molecule has 0 aromatic heterocycles. The first-order valence-electron chi connectivity index (χ1n) is 38.6. The second-order valence-corrected chi connectivity index (χ2v) is 45.4. The summed E-state index contributed by atoms with van der Waals surface area (Å²) in [6.45, 7) is 30.3. The van der Waals surface area contributed by atoms with E-state index in [1.165, 1.54) is 0 Å². The van der Waals surface area contributed by atoms with E-state index in [4.69, 9.17) is 75.8 Å². The maximum atomic E-state index is 12.6. The number of aliphatic hydroxyl groups excluding tert-OH is 4. The molecule has 4 N–H and O–H groups in total. The molecule has 8 unspecified atom stereocenters. The van der Waals surface area contributed by atoms with E-state index in [0.717, 1.165) is 32.1 Å². The van der Waals surface area contributed by atoms with Crippen LogP contribution in [0.3, 0.4) is 0 Å². The van der Waals surface area contributed by atoms with Crippen LogP contribution < -0.4 is 18.9 Å². The number of carbonyl (C=O) groups is 8. The topological polar surface area (TPSA) is 378 Å². The van der Waals surface area contributed by atoms with Crippen molar-refractivity contribution in [2.24, 2.45) is 43.3 Å². The van der Waals surface area contributed by atoms with Crippen molar-refractivity contribution in [3.8, 4) is 23.0 Å². The van der Waals surface area contributed by atoms with Crippen molar-refractivity contribution in [3.05, 3.63) is 98.9 Å². The van der Waals surface area contributed by atoms with Crippen LogP contribution in [0.25, 0.3) is 0 Å². The zero-order valence-corrected chi connectivity index (χ0v) is 90.0.